The maximum absolute atomic E-state index is 13.8. The van der Waals surface area contributed by atoms with Crippen LogP contribution in [-0.2, 0) is 25.5 Å². The van der Waals surface area contributed by atoms with Gasteiger partial charge in [0.1, 0.15) is 30.1 Å². The van der Waals surface area contributed by atoms with E-state index < -0.39 is 30.5 Å². The average molecular weight is 719 g/mol. The molecule has 1 unspecified atom stereocenters. The smallest absolute Gasteiger partial charge is 0.409 e. The summed E-state index contributed by atoms with van der Waals surface area (Å²) >= 11 is 0. The number of carbonyl (C=O) groups excluding carboxylic acids is 2. The zero-order valence-corrected chi connectivity index (χ0v) is 29.0. The third-order valence-electron chi connectivity index (χ3n) is 7.58. The summed E-state index contributed by atoms with van der Waals surface area (Å²) in [4.78, 5) is 26.6. The number of phenolic OH excluding ortho intramolecular Hbond substituents is 1. The topological polar surface area (TPSA) is 144 Å². The van der Waals surface area contributed by atoms with Crippen molar-refractivity contribution in [3.05, 3.63) is 53.7 Å². The van der Waals surface area contributed by atoms with Gasteiger partial charge in [-0.1, -0.05) is 18.1 Å². The van der Waals surface area contributed by atoms with E-state index in [0.717, 1.165) is 23.8 Å². The van der Waals surface area contributed by atoms with Crippen LogP contribution < -0.4 is 10.6 Å². The monoisotopic (exact) mass is 718 g/mol. The predicted molar refractivity (Wildman–Crippen MR) is 185 cm³/mol. The SMILES string of the molecule is CC(C)(C)OC(=O)c1c(O)cccc1NCC#Cc1cc2c(NC(COCCOC(=O)N3CCCCC3)OCCO)cccc2n1CC(F)(F)F. The van der Waals surface area contributed by atoms with Gasteiger partial charge in [0.05, 0.1) is 49.9 Å². The quantitative estimate of drug-likeness (QED) is 0.0708. The molecule has 1 aliphatic rings. The number of benzene rings is 2. The number of hydrogen-bond acceptors (Lipinski definition) is 10. The van der Waals surface area contributed by atoms with Gasteiger partial charge in [0.25, 0.3) is 0 Å². The summed E-state index contributed by atoms with van der Waals surface area (Å²) in [5, 5.41) is 26.2. The summed E-state index contributed by atoms with van der Waals surface area (Å²) in [5.74, 6) is 4.57. The third-order valence-corrected chi connectivity index (χ3v) is 7.58. The number of carbonyl (C=O) groups is 2. The normalized spacial score (nSPS) is 14.1. The molecule has 0 spiro atoms. The minimum atomic E-state index is -4.55. The Bertz CT molecular complexity index is 1690. The molecule has 12 nitrogen and oxygen atoms in total. The first-order valence-corrected chi connectivity index (χ1v) is 16.7. The van der Waals surface area contributed by atoms with Crippen molar-refractivity contribution >= 4 is 34.3 Å². The highest BCUT2D eigenvalue weighted by molar-refractivity contribution is 5.99. The highest BCUT2D eigenvalue weighted by Gasteiger charge is 2.30. The molecule has 1 amide bonds. The van der Waals surface area contributed by atoms with E-state index in [1.807, 2.05) is 0 Å². The maximum atomic E-state index is 13.8. The number of fused-ring (bicyclic) bond motifs is 1. The number of aliphatic hydroxyl groups excluding tert-OH is 1. The molecule has 278 valence electrons. The number of esters is 1. The van der Waals surface area contributed by atoms with Crippen molar-refractivity contribution in [1.82, 2.24) is 9.47 Å². The van der Waals surface area contributed by atoms with Gasteiger partial charge < -0.3 is 49.3 Å². The molecule has 0 saturated carbocycles. The van der Waals surface area contributed by atoms with E-state index in [1.54, 1.807) is 49.9 Å². The van der Waals surface area contributed by atoms with Crippen molar-refractivity contribution in [2.24, 2.45) is 0 Å². The summed E-state index contributed by atoms with van der Waals surface area (Å²) < 4.78 is 64.4. The summed E-state index contributed by atoms with van der Waals surface area (Å²) in [6, 6.07) is 10.8. The zero-order valence-electron chi connectivity index (χ0n) is 29.0. The number of aromatic hydroxyl groups is 1. The number of rotatable bonds is 14. The van der Waals surface area contributed by atoms with Crippen LogP contribution in [0.5, 0.6) is 5.75 Å². The molecule has 0 aliphatic carbocycles. The van der Waals surface area contributed by atoms with Gasteiger partial charge in [0, 0.05) is 24.2 Å². The van der Waals surface area contributed by atoms with Gasteiger partial charge in [0.2, 0.25) is 0 Å². The number of nitrogens with zero attached hydrogens (tertiary/aromatic N) is 2. The van der Waals surface area contributed by atoms with E-state index in [-0.39, 0.29) is 73.9 Å². The van der Waals surface area contributed by atoms with E-state index in [2.05, 4.69) is 22.5 Å². The van der Waals surface area contributed by atoms with Crippen LogP contribution in [0.2, 0.25) is 0 Å². The number of anilines is 2. The number of phenols is 1. The molecule has 3 aromatic rings. The number of ether oxygens (including phenoxy) is 4. The van der Waals surface area contributed by atoms with Gasteiger partial charge in [-0.3, -0.25) is 0 Å². The van der Waals surface area contributed by atoms with Gasteiger partial charge in [-0.15, -0.1) is 0 Å². The van der Waals surface area contributed by atoms with Crippen molar-refractivity contribution in [3.8, 4) is 17.6 Å². The number of halogens is 3. The van der Waals surface area contributed by atoms with Crippen LogP contribution in [0.15, 0.2) is 42.5 Å². The molecule has 15 heteroatoms. The Morgan fingerprint density at radius 3 is 2.43 bits per heavy atom. The summed E-state index contributed by atoms with van der Waals surface area (Å²) in [6.45, 7) is 4.84. The summed E-state index contributed by atoms with van der Waals surface area (Å²) in [6.07, 6.45) is -2.77. The van der Waals surface area contributed by atoms with Crippen molar-refractivity contribution in [2.45, 2.75) is 64.6 Å². The second-order valence-corrected chi connectivity index (χ2v) is 12.8. The van der Waals surface area contributed by atoms with E-state index >= 15 is 0 Å². The van der Waals surface area contributed by atoms with Crippen molar-refractivity contribution < 1.29 is 51.9 Å². The molecule has 1 atom stereocenters. The summed E-state index contributed by atoms with van der Waals surface area (Å²) in [5.41, 5.74) is 0.146. The molecule has 1 fully saturated rings. The van der Waals surface area contributed by atoms with Crippen LogP contribution in [-0.4, -0.2) is 102 Å². The molecule has 4 N–H and O–H groups in total. The van der Waals surface area contributed by atoms with Crippen molar-refractivity contribution in [2.75, 3.05) is 63.3 Å². The van der Waals surface area contributed by atoms with Crippen molar-refractivity contribution in [3.63, 3.8) is 0 Å². The first-order chi connectivity index (χ1) is 24.3. The van der Waals surface area contributed by atoms with E-state index in [9.17, 15) is 33.0 Å². The number of nitrogens with one attached hydrogen (secondary N) is 2. The predicted octanol–water partition coefficient (Wildman–Crippen LogP) is 5.71. The lowest BCUT2D eigenvalue weighted by Crippen LogP contribution is -2.36. The van der Waals surface area contributed by atoms with Crippen LogP contribution in [0, 0.1) is 11.8 Å². The number of aromatic nitrogens is 1. The van der Waals surface area contributed by atoms with E-state index in [4.69, 9.17) is 18.9 Å². The molecule has 2 heterocycles. The van der Waals surface area contributed by atoms with Gasteiger partial charge in [-0.25, -0.2) is 9.59 Å². The molecule has 0 bridgehead atoms. The fourth-order valence-electron chi connectivity index (χ4n) is 5.41. The lowest BCUT2D eigenvalue weighted by Gasteiger charge is -2.25. The largest absolute Gasteiger partial charge is 0.507 e. The minimum absolute atomic E-state index is 0.0143. The Hall–Kier alpha value is -4.65. The number of hydrogen-bond donors (Lipinski definition) is 4. The molecule has 1 aliphatic heterocycles. The second kappa shape index (κ2) is 18.0. The average Bonchev–Trinajstić information content (AvgIpc) is 3.41. The third kappa shape index (κ3) is 12.0. The molecule has 4 rings (SSSR count). The fourth-order valence-corrected chi connectivity index (χ4v) is 5.41. The van der Waals surface area contributed by atoms with Crippen LogP contribution in [0.4, 0.5) is 29.3 Å². The van der Waals surface area contributed by atoms with Gasteiger partial charge in [-0.05, 0) is 76.3 Å². The zero-order chi connectivity index (χ0) is 37.0. The number of likely N-dealkylation sites (tertiary alicyclic amines) is 1. The molecule has 2 aromatic carbocycles. The van der Waals surface area contributed by atoms with Crippen molar-refractivity contribution in [1.29, 1.82) is 0 Å². The fraction of sp³-hybridized carbons (Fsp3) is 0.500. The van der Waals surface area contributed by atoms with Crippen LogP contribution >= 0.6 is 0 Å². The number of aliphatic hydroxyl groups is 1. The number of alkyl halides is 3. The van der Waals surface area contributed by atoms with Crippen LogP contribution in [0.25, 0.3) is 10.9 Å². The van der Waals surface area contributed by atoms with Gasteiger partial charge >= 0.3 is 18.2 Å². The van der Waals surface area contributed by atoms with E-state index in [1.165, 1.54) is 18.2 Å². The van der Waals surface area contributed by atoms with Gasteiger partial charge in [0.15, 0.2) is 6.23 Å². The molecule has 1 aromatic heterocycles. The lowest BCUT2D eigenvalue weighted by molar-refractivity contribution is -0.140. The minimum Gasteiger partial charge on any atom is -0.507 e. The Balaban J connectivity index is 1.48. The Morgan fingerprint density at radius 1 is 1.00 bits per heavy atom. The second-order valence-electron chi connectivity index (χ2n) is 12.8. The molecule has 0 radical (unpaired) electrons. The standard InChI is InChI=1S/C36H45F3N4O8/c1-35(2,3)51-33(46)32-28(12-8-14-30(32)45)40-15-9-10-25-22-26-27(11-7-13-29(26)43(25)24-36(37,38)39)41-31(49-19-18-44)23-48-20-21-50-34(47)42-16-5-4-6-17-42/h7-8,11-14,22,31,40-41,44-45H,4-6,15-21,23-24H2,1-3H3. The Morgan fingerprint density at radius 2 is 1.73 bits per heavy atom. The highest BCUT2D eigenvalue weighted by Crippen LogP contribution is 2.31. The number of amides is 1. The Labute approximate surface area is 294 Å². The molecule has 1 saturated heterocycles. The summed E-state index contributed by atoms with van der Waals surface area (Å²) in [7, 11) is 0. The highest BCUT2D eigenvalue weighted by atomic mass is 19.4. The van der Waals surface area contributed by atoms with Crippen LogP contribution in [0.1, 0.15) is 56.1 Å². The molecular formula is C36H45F3N4O8. The maximum Gasteiger partial charge on any atom is 0.409 e. The Kier molecular flexibility index (Phi) is 13.8. The molecule has 51 heavy (non-hydrogen) atoms. The van der Waals surface area contributed by atoms with E-state index in [0.29, 0.717) is 24.2 Å². The molecular weight excluding hydrogens is 673 g/mol. The van der Waals surface area contributed by atoms with Crippen LogP contribution in [0.3, 0.4) is 0 Å². The number of piperidine rings is 1. The van der Waals surface area contributed by atoms with Gasteiger partial charge in [-0.2, -0.15) is 13.2 Å². The first kappa shape index (κ1) is 39.1. The first-order valence-electron chi connectivity index (χ1n) is 16.7. The lowest BCUT2D eigenvalue weighted by atomic mass is 10.1.